The van der Waals surface area contributed by atoms with Gasteiger partial charge < -0.3 is 9.84 Å². The van der Waals surface area contributed by atoms with Crippen LogP contribution in [-0.4, -0.2) is 41.8 Å². The SMILES string of the molecule is OC(CCN1CCOC2CCCCC21)c1ccccc1Cl. The molecule has 3 unspecified atom stereocenters. The minimum absolute atomic E-state index is 0.407. The zero-order valence-corrected chi connectivity index (χ0v) is 13.1. The van der Waals surface area contributed by atoms with E-state index in [-0.39, 0.29) is 0 Å². The maximum absolute atomic E-state index is 10.4. The molecular formula is C17H24ClNO2. The van der Waals surface area contributed by atoms with Crippen LogP contribution in [0.15, 0.2) is 24.3 Å². The van der Waals surface area contributed by atoms with Crippen molar-refractivity contribution < 1.29 is 9.84 Å². The predicted octanol–water partition coefficient (Wildman–Crippen LogP) is 3.41. The average molecular weight is 310 g/mol. The van der Waals surface area contributed by atoms with Gasteiger partial charge in [0.05, 0.1) is 18.8 Å². The molecule has 0 amide bonds. The van der Waals surface area contributed by atoms with E-state index in [0.29, 0.717) is 17.2 Å². The summed E-state index contributed by atoms with van der Waals surface area (Å²) in [6, 6.07) is 8.12. The lowest BCUT2D eigenvalue weighted by Crippen LogP contribution is -2.52. The third-order valence-corrected chi connectivity index (χ3v) is 5.15. The Kier molecular flexibility index (Phi) is 5.17. The van der Waals surface area contributed by atoms with Crippen LogP contribution in [0.3, 0.4) is 0 Å². The lowest BCUT2D eigenvalue weighted by Gasteiger charge is -2.44. The number of fused-ring (bicyclic) bond motifs is 1. The molecule has 0 spiro atoms. The molecule has 1 aliphatic carbocycles. The van der Waals surface area contributed by atoms with Crippen molar-refractivity contribution in [3.63, 3.8) is 0 Å². The van der Waals surface area contributed by atoms with E-state index in [2.05, 4.69) is 4.90 Å². The first-order valence-electron chi connectivity index (χ1n) is 8.04. The number of benzene rings is 1. The first-order chi connectivity index (χ1) is 10.3. The van der Waals surface area contributed by atoms with Crippen molar-refractivity contribution in [1.82, 2.24) is 4.90 Å². The van der Waals surface area contributed by atoms with E-state index in [1.54, 1.807) is 0 Å². The number of nitrogens with zero attached hydrogens (tertiary/aromatic N) is 1. The quantitative estimate of drug-likeness (QED) is 0.925. The number of hydrogen-bond acceptors (Lipinski definition) is 3. The summed E-state index contributed by atoms with van der Waals surface area (Å²) < 4.78 is 5.90. The third kappa shape index (κ3) is 3.59. The first-order valence-corrected chi connectivity index (χ1v) is 8.41. The van der Waals surface area contributed by atoms with Gasteiger partial charge in [-0.1, -0.05) is 42.6 Å². The highest BCUT2D eigenvalue weighted by molar-refractivity contribution is 6.31. The lowest BCUT2D eigenvalue weighted by atomic mass is 9.90. The van der Waals surface area contributed by atoms with Gasteiger partial charge in [0.15, 0.2) is 0 Å². The van der Waals surface area contributed by atoms with E-state index in [9.17, 15) is 5.11 Å². The highest BCUT2D eigenvalue weighted by Gasteiger charge is 2.34. The molecule has 4 heteroatoms. The zero-order chi connectivity index (χ0) is 14.7. The summed E-state index contributed by atoms with van der Waals surface area (Å²) in [7, 11) is 0. The second kappa shape index (κ2) is 7.10. The van der Waals surface area contributed by atoms with E-state index in [1.807, 2.05) is 24.3 Å². The summed E-state index contributed by atoms with van der Waals surface area (Å²) in [5.74, 6) is 0. The molecule has 0 bridgehead atoms. The normalized spacial score (nSPS) is 28.1. The maximum Gasteiger partial charge on any atom is 0.0816 e. The fourth-order valence-electron chi connectivity index (χ4n) is 3.64. The van der Waals surface area contributed by atoms with Gasteiger partial charge >= 0.3 is 0 Å². The molecule has 2 fully saturated rings. The van der Waals surface area contributed by atoms with Crippen molar-refractivity contribution >= 4 is 11.6 Å². The number of aliphatic hydroxyl groups is 1. The molecule has 0 radical (unpaired) electrons. The second-order valence-electron chi connectivity index (χ2n) is 6.12. The fourth-order valence-corrected chi connectivity index (χ4v) is 3.90. The summed E-state index contributed by atoms with van der Waals surface area (Å²) in [6.45, 7) is 2.72. The fraction of sp³-hybridized carbons (Fsp3) is 0.647. The van der Waals surface area contributed by atoms with Crippen LogP contribution in [0.2, 0.25) is 5.02 Å². The summed E-state index contributed by atoms with van der Waals surface area (Å²) in [4.78, 5) is 2.51. The molecule has 1 saturated carbocycles. The molecule has 1 saturated heterocycles. The van der Waals surface area contributed by atoms with E-state index < -0.39 is 6.10 Å². The number of aliphatic hydroxyl groups excluding tert-OH is 1. The molecule has 0 aromatic heterocycles. The number of halogens is 1. The zero-order valence-electron chi connectivity index (χ0n) is 12.4. The van der Waals surface area contributed by atoms with Crippen LogP contribution in [-0.2, 0) is 4.74 Å². The number of hydrogen-bond donors (Lipinski definition) is 1. The molecule has 1 aromatic carbocycles. The molecular weight excluding hydrogens is 286 g/mol. The van der Waals surface area contributed by atoms with Crippen LogP contribution in [0.5, 0.6) is 0 Å². The molecule has 1 heterocycles. The predicted molar refractivity (Wildman–Crippen MR) is 84.6 cm³/mol. The highest BCUT2D eigenvalue weighted by atomic mass is 35.5. The minimum atomic E-state index is -0.483. The largest absolute Gasteiger partial charge is 0.388 e. The Bertz CT molecular complexity index is 466. The van der Waals surface area contributed by atoms with Crippen molar-refractivity contribution in [1.29, 1.82) is 0 Å². The van der Waals surface area contributed by atoms with Crippen molar-refractivity contribution in [3.05, 3.63) is 34.9 Å². The lowest BCUT2D eigenvalue weighted by molar-refractivity contribution is -0.0904. The molecule has 2 aliphatic rings. The van der Waals surface area contributed by atoms with Gasteiger partial charge in [-0.05, 0) is 30.9 Å². The monoisotopic (exact) mass is 309 g/mol. The van der Waals surface area contributed by atoms with Gasteiger partial charge in [0.25, 0.3) is 0 Å². The smallest absolute Gasteiger partial charge is 0.0816 e. The average Bonchev–Trinajstić information content (AvgIpc) is 2.53. The van der Waals surface area contributed by atoms with Crippen LogP contribution < -0.4 is 0 Å². The van der Waals surface area contributed by atoms with Crippen LogP contribution in [0.1, 0.15) is 43.8 Å². The Balaban J connectivity index is 1.58. The van der Waals surface area contributed by atoms with Crippen molar-refractivity contribution in [2.24, 2.45) is 0 Å². The van der Waals surface area contributed by atoms with Crippen molar-refractivity contribution in [2.75, 3.05) is 19.7 Å². The van der Waals surface area contributed by atoms with Crippen LogP contribution >= 0.6 is 11.6 Å². The van der Waals surface area contributed by atoms with E-state index in [1.165, 1.54) is 25.7 Å². The van der Waals surface area contributed by atoms with Gasteiger partial charge in [0.1, 0.15) is 0 Å². The van der Waals surface area contributed by atoms with Gasteiger partial charge in [-0.15, -0.1) is 0 Å². The first kappa shape index (κ1) is 15.3. The third-order valence-electron chi connectivity index (χ3n) is 4.80. The molecule has 3 atom stereocenters. The van der Waals surface area contributed by atoms with Gasteiger partial charge in [-0.2, -0.15) is 0 Å². The van der Waals surface area contributed by atoms with Gasteiger partial charge in [0, 0.05) is 24.2 Å². The number of ether oxygens (including phenoxy) is 1. The van der Waals surface area contributed by atoms with Crippen molar-refractivity contribution in [3.8, 4) is 0 Å². The molecule has 1 aliphatic heterocycles. The topological polar surface area (TPSA) is 32.7 Å². The summed E-state index contributed by atoms with van der Waals surface area (Å²) in [6.07, 6.45) is 5.66. The molecule has 3 nitrogen and oxygen atoms in total. The van der Waals surface area contributed by atoms with E-state index in [4.69, 9.17) is 16.3 Å². The van der Waals surface area contributed by atoms with Crippen molar-refractivity contribution in [2.45, 2.75) is 50.4 Å². The molecule has 116 valence electrons. The Labute approximate surface area is 131 Å². The molecule has 3 rings (SSSR count). The van der Waals surface area contributed by atoms with Gasteiger partial charge in [-0.25, -0.2) is 0 Å². The summed E-state index contributed by atoms with van der Waals surface area (Å²) in [5, 5.41) is 11.0. The minimum Gasteiger partial charge on any atom is -0.388 e. The highest BCUT2D eigenvalue weighted by Crippen LogP contribution is 2.30. The Morgan fingerprint density at radius 2 is 2.10 bits per heavy atom. The standard InChI is InChI=1S/C17H24ClNO2/c18-14-6-2-1-5-13(14)16(20)9-10-19-11-12-21-17-8-4-3-7-15(17)19/h1-2,5-6,15-17,20H,3-4,7-12H2. The van der Waals surface area contributed by atoms with Gasteiger partial charge in [-0.3, -0.25) is 4.90 Å². The Morgan fingerprint density at radius 3 is 2.95 bits per heavy atom. The number of morpholine rings is 1. The summed E-state index contributed by atoms with van der Waals surface area (Å²) >= 11 is 6.16. The maximum atomic E-state index is 10.4. The number of rotatable bonds is 4. The Morgan fingerprint density at radius 1 is 1.29 bits per heavy atom. The van der Waals surface area contributed by atoms with Crippen LogP contribution in [0.25, 0.3) is 0 Å². The molecule has 1 aromatic rings. The second-order valence-corrected chi connectivity index (χ2v) is 6.53. The molecule has 21 heavy (non-hydrogen) atoms. The molecule has 1 N–H and O–H groups in total. The van der Waals surface area contributed by atoms with Crippen LogP contribution in [0, 0.1) is 0 Å². The van der Waals surface area contributed by atoms with E-state index in [0.717, 1.165) is 31.7 Å². The summed E-state index contributed by atoms with van der Waals surface area (Å²) in [5.41, 5.74) is 0.840. The van der Waals surface area contributed by atoms with E-state index >= 15 is 0 Å². The Hall–Kier alpha value is -0.610. The van der Waals surface area contributed by atoms with Crippen LogP contribution in [0.4, 0.5) is 0 Å². The van der Waals surface area contributed by atoms with Gasteiger partial charge in [0.2, 0.25) is 0 Å².